The molecule has 1 amide bonds. The van der Waals surface area contributed by atoms with Crippen LogP contribution in [0, 0.1) is 13.8 Å². The summed E-state index contributed by atoms with van der Waals surface area (Å²) in [4.78, 5) is 22.9. The molecule has 1 aromatic carbocycles. The van der Waals surface area contributed by atoms with Crippen LogP contribution in [0.5, 0.6) is 11.5 Å². The third-order valence-corrected chi connectivity index (χ3v) is 7.09. The zero-order valence-electron chi connectivity index (χ0n) is 22.6. The number of benzene rings is 1. The van der Waals surface area contributed by atoms with Gasteiger partial charge < -0.3 is 23.7 Å². The first-order chi connectivity index (χ1) is 18.5. The topological polar surface area (TPSA) is 85.9 Å². The summed E-state index contributed by atoms with van der Waals surface area (Å²) in [6.45, 7) is 7.12. The number of furan rings is 1. The maximum absolute atomic E-state index is 13.6. The Labute approximate surface area is 222 Å². The Kier molecular flexibility index (Phi) is 7.53. The molecule has 1 aliphatic rings. The van der Waals surface area contributed by atoms with E-state index in [0.717, 1.165) is 71.1 Å². The highest BCUT2D eigenvalue weighted by Gasteiger charge is 2.24. The van der Waals surface area contributed by atoms with Crippen LogP contribution in [0.4, 0.5) is 5.82 Å². The maximum atomic E-state index is 13.6. The SMILES string of the molecule is COc1ccc(OC)c2nc(N3CCCC3)c(CN(Cc3ccco3)C(=O)CCn3nc(C)cc3C)cc12. The molecule has 0 N–H and O–H groups in total. The second-order valence-electron chi connectivity index (χ2n) is 9.76. The van der Waals surface area contributed by atoms with Gasteiger partial charge in [-0.3, -0.25) is 9.48 Å². The van der Waals surface area contributed by atoms with E-state index in [9.17, 15) is 4.79 Å². The van der Waals surface area contributed by atoms with Gasteiger partial charge in [-0.1, -0.05) is 0 Å². The van der Waals surface area contributed by atoms with Crippen LogP contribution >= 0.6 is 0 Å². The van der Waals surface area contributed by atoms with Crippen molar-refractivity contribution in [3.63, 3.8) is 0 Å². The number of amides is 1. The summed E-state index contributed by atoms with van der Waals surface area (Å²) >= 11 is 0. The number of carbonyl (C=O) groups excluding carboxylic acids is 1. The highest BCUT2D eigenvalue weighted by Crippen LogP contribution is 2.36. The molecule has 0 spiro atoms. The Bertz CT molecular complexity index is 1410. The van der Waals surface area contributed by atoms with E-state index >= 15 is 0 Å². The van der Waals surface area contributed by atoms with Gasteiger partial charge >= 0.3 is 0 Å². The van der Waals surface area contributed by atoms with Crippen molar-refractivity contribution < 1.29 is 18.7 Å². The van der Waals surface area contributed by atoms with E-state index in [1.54, 1.807) is 20.5 Å². The molecule has 38 heavy (non-hydrogen) atoms. The maximum Gasteiger partial charge on any atom is 0.225 e. The molecule has 3 aromatic heterocycles. The second kappa shape index (κ2) is 11.2. The zero-order valence-corrected chi connectivity index (χ0v) is 22.6. The summed E-state index contributed by atoms with van der Waals surface area (Å²) in [5, 5.41) is 5.38. The van der Waals surface area contributed by atoms with E-state index in [1.807, 2.05) is 53.8 Å². The lowest BCUT2D eigenvalue weighted by atomic mass is 10.1. The van der Waals surface area contributed by atoms with Crippen molar-refractivity contribution >= 4 is 22.6 Å². The highest BCUT2D eigenvalue weighted by atomic mass is 16.5. The summed E-state index contributed by atoms with van der Waals surface area (Å²) in [5.41, 5.74) is 3.72. The number of pyridine rings is 1. The van der Waals surface area contributed by atoms with E-state index in [1.165, 1.54) is 0 Å². The Morgan fingerprint density at radius 1 is 1.05 bits per heavy atom. The van der Waals surface area contributed by atoms with E-state index in [0.29, 0.717) is 31.8 Å². The third-order valence-electron chi connectivity index (χ3n) is 7.09. The molecule has 0 unspecified atom stereocenters. The van der Waals surface area contributed by atoms with Gasteiger partial charge in [0, 0.05) is 49.2 Å². The van der Waals surface area contributed by atoms with Gasteiger partial charge in [-0.05, 0) is 63.1 Å². The molecule has 5 rings (SSSR count). The predicted molar refractivity (Wildman–Crippen MR) is 146 cm³/mol. The zero-order chi connectivity index (χ0) is 26.6. The fourth-order valence-corrected chi connectivity index (χ4v) is 5.19. The van der Waals surface area contributed by atoms with Crippen molar-refractivity contribution in [3.05, 3.63) is 65.4 Å². The smallest absolute Gasteiger partial charge is 0.225 e. The molecule has 200 valence electrons. The summed E-state index contributed by atoms with van der Waals surface area (Å²) in [7, 11) is 3.31. The third kappa shape index (κ3) is 5.32. The van der Waals surface area contributed by atoms with Crippen LogP contribution in [0.2, 0.25) is 0 Å². The van der Waals surface area contributed by atoms with Crippen molar-refractivity contribution in [2.75, 3.05) is 32.2 Å². The van der Waals surface area contributed by atoms with Crippen LogP contribution in [-0.4, -0.2) is 52.9 Å². The van der Waals surface area contributed by atoms with Crippen LogP contribution in [0.25, 0.3) is 10.9 Å². The molecule has 0 atom stereocenters. The summed E-state index contributed by atoms with van der Waals surface area (Å²) in [5.74, 6) is 3.06. The van der Waals surface area contributed by atoms with Crippen molar-refractivity contribution in [1.29, 1.82) is 0 Å². The lowest BCUT2D eigenvalue weighted by Crippen LogP contribution is -2.32. The standard InChI is InChI=1S/C29H35N5O4/c1-20-16-21(2)34(31-20)14-11-27(35)33(19-23-8-7-15-38-23)18-22-17-24-25(36-3)9-10-26(37-4)28(24)30-29(22)32-12-5-6-13-32/h7-10,15-17H,5-6,11-14,18-19H2,1-4H3. The van der Waals surface area contributed by atoms with Crippen molar-refractivity contribution in [1.82, 2.24) is 19.7 Å². The number of nitrogens with zero attached hydrogens (tertiary/aromatic N) is 5. The molecule has 0 saturated carbocycles. The Balaban J connectivity index is 1.51. The summed E-state index contributed by atoms with van der Waals surface area (Å²) in [6, 6.07) is 11.6. The van der Waals surface area contributed by atoms with E-state index < -0.39 is 0 Å². The van der Waals surface area contributed by atoms with Crippen LogP contribution in [0.3, 0.4) is 0 Å². The largest absolute Gasteiger partial charge is 0.496 e. The number of aryl methyl sites for hydroxylation is 3. The average molecular weight is 518 g/mol. The van der Waals surface area contributed by atoms with Gasteiger partial charge in [0.25, 0.3) is 0 Å². The van der Waals surface area contributed by atoms with Gasteiger partial charge in [0.1, 0.15) is 28.6 Å². The quantitative estimate of drug-likeness (QED) is 0.296. The van der Waals surface area contributed by atoms with E-state index in [2.05, 4.69) is 16.1 Å². The number of hydrogen-bond donors (Lipinski definition) is 0. The number of anilines is 1. The first kappa shape index (κ1) is 25.6. The van der Waals surface area contributed by atoms with Crippen LogP contribution in [0.1, 0.15) is 42.0 Å². The fraction of sp³-hybridized carbons (Fsp3) is 0.414. The molecule has 9 nitrogen and oxygen atoms in total. The van der Waals surface area contributed by atoms with Gasteiger partial charge in [-0.15, -0.1) is 0 Å². The highest BCUT2D eigenvalue weighted by molar-refractivity contribution is 5.92. The molecular formula is C29H35N5O4. The molecule has 9 heteroatoms. The number of methoxy groups -OCH3 is 2. The first-order valence-electron chi connectivity index (χ1n) is 13.1. The minimum atomic E-state index is 0.0269. The fourth-order valence-electron chi connectivity index (χ4n) is 5.19. The second-order valence-corrected chi connectivity index (χ2v) is 9.76. The normalized spacial score (nSPS) is 13.3. The van der Waals surface area contributed by atoms with Crippen molar-refractivity contribution in [2.45, 2.75) is 52.7 Å². The van der Waals surface area contributed by atoms with Gasteiger partial charge in [0.2, 0.25) is 5.91 Å². The Morgan fingerprint density at radius 2 is 1.82 bits per heavy atom. The monoisotopic (exact) mass is 517 g/mol. The van der Waals surface area contributed by atoms with Crippen molar-refractivity contribution in [2.24, 2.45) is 0 Å². The molecular weight excluding hydrogens is 482 g/mol. The predicted octanol–water partition coefficient (Wildman–Crippen LogP) is 4.88. The molecule has 4 aromatic rings. The minimum absolute atomic E-state index is 0.0269. The molecule has 0 radical (unpaired) electrons. The lowest BCUT2D eigenvalue weighted by Gasteiger charge is -2.27. The molecule has 4 heterocycles. The average Bonchev–Trinajstić information content (AvgIpc) is 3.69. The van der Waals surface area contributed by atoms with Crippen LogP contribution < -0.4 is 14.4 Å². The molecule has 1 saturated heterocycles. The number of aromatic nitrogens is 3. The van der Waals surface area contributed by atoms with Crippen LogP contribution in [0.15, 0.2) is 47.1 Å². The Hall–Kier alpha value is -4.01. The van der Waals surface area contributed by atoms with Crippen molar-refractivity contribution in [3.8, 4) is 11.5 Å². The van der Waals surface area contributed by atoms with Gasteiger partial charge in [0.05, 0.1) is 32.7 Å². The van der Waals surface area contributed by atoms with E-state index in [4.69, 9.17) is 18.9 Å². The van der Waals surface area contributed by atoms with Crippen LogP contribution in [-0.2, 0) is 24.4 Å². The summed E-state index contributed by atoms with van der Waals surface area (Å²) < 4.78 is 18.8. The molecule has 0 bridgehead atoms. The number of rotatable bonds is 10. The minimum Gasteiger partial charge on any atom is -0.496 e. The number of hydrogen-bond acceptors (Lipinski definition) is 7. The van der Waals surface area contributed by atoms with Gasteiger partial charge in [-0.2, -0.15) is 5.10 Å². The van der Waals surface area contributed by atoms with Gasteiger partial charge in [0.15, 0.2) is 0 Å². The Morgan fingerprint density at radius 3 is 2.47 bits per heavy atom. The van der Waals surface area contributed by atoms with Gasteiger partial charge in [-0.25, -0.2) is 4.98 Å². The molecule has 1 aliphatic heterocycles. The van der Waals surface area contributed by atoms with E-state index in [-0.39, 0.29) is 5.91 Å². The molecule has 1 fully saturated rings. The number of fused-ring (bicyclic) bond motifs is 1. The lowest BCUT2D eigenvalue weighted by molar-refractivity contribution is -0.133. The first-order valence-corrected chi connectivity index (χ1v) is 13.1. The molecule has 0 aliphatic carbocycles. The number of carbonyl (C=O) groups is 1. The summed E-state index contributed by atoms with van der Waals surface area (Å²) in [6.07, 6.45) is 4.20. The number of ether oxygens (including phenoxy) is 2.